The van der Waals surface area contributed by atoms with Crippen molar-refractivity contribution in [1.82, 2.24) is 4.31 Å². The van der Waals surface area contributed by atoms with Crippen LogP contribution in [0.2, 0.25) is 0 Å². The van der Waals surface area contributed by atoms with Gasteiger partial charge >= 0.3 is 5.97 Å². The van der Waals surface area contributed by atoms with E-state index in [9.17, 15) is 13.2 Å². The minimum Gasteiger partial charge on any atom is -0.479 e. The van der Waals surface area contributed by atoms with Crippen molar-refractivity contribution in [2.45, 2.75) is 17.9 Å². The maximum absolute atomic E-state index is 12.4. The maximum atomic E-state index is 12.4. The number of carboxylic acids is 1. The highest BCUT2D eigenvalue weighted by Crippen LogP contribution is 2.29. The summed E-state index contributed by atoms with van der Waals surface area (Å²) in [5.74, 6) is -1.21. The number of para-hydroxylation sites is 1. The van der Waals surface area contributed by atoms with Gasteiger partial charge in [0.05, 0.1) is 12.2 Å². The zero-order valence-electron chi connectivity index (χ0n) is 10.8. The molecule has 2 rings (SSSR count). The molecule has 1 aliphatic rings. The van der Waals surface area contributed by atoms with E-state index in [0.717, 1.165) is 10.6 Å². The van der Waals surface area contributed by atoms with E-state index in [0.29, 0.717) is 5.69 Å². The molecule has 0 saturated carbocycles. The Morgan fingerprint density at radius 3 is 2.80 bits per heavy atom. The van der Waals surface area contributed by atoms with E-state index in [1.807, 2.05) is 0 Å². The monoisotopic (exact) mass is 298 g/mol. The number of carbonyl (C=O) groups is 1. The average molecular weight is 298 g/mol. The molecule has 1 aromatic rings. The summed E-state index contributed by atoms with van der Waals surface area (Å²) >= 11 is 0. The second-order valence-corrected chi connectivity index (χ2v) is 5.93. The van der Waals surface area contributed by atoms with E-state index < -0.39 is 22.1 Å². The van der Waals surface area contributed by atoms with Crippen LogP contribution in [0.4, 0.5) is 5.69 Å². The van der Waals surface area contributed by atoms with E-state index in [2.05, 4.69) is 4.99 Å². The summed E-state index contributed by atoms with van der Waals surface area (Å²) < 4.78 is 30.6. The third kappa shape index (κ3) is 2.66. The number of carboxylic acid groups (broad SMARTS) is 1. The van der Waals surface area contributed by atoms with Crippen LogP contribution >= 0.6 is 0 Å². The van der Waals surface area contributed by atoms with Gasteiger partial charge in [0, 0.05) is 6.61 Å². The molecule has 1 aromatic carbocycles. The summed E-state index contributed by atoms with van der Waals surface area (Å²) in [5.41, 5.74) is 0.340. The Morgan fingerprint density at radius 2 is 2.15 bits per heavy atom. The number of aliphatic imine (C=N–C) groups is 1. The quantitative estimate of drug-likeness (QED) is 0.869. The lowest BCUT2D eigenvalue weighted by atomic mass is 10.3. The summed E-state index contributed by atoms with van der Waals surface area (Å²) in [6.45, 7) is 1.51. The van der Waals surface area contributed by atoms with Crippen molar-refractivity contribution in [2.24, 2.45) is 4.99 Å². The lowest BCUT2D eigenvalue weighted by molar-refractivity contribution is -0.150. The first-order valence-corrected chi connectivity index (χ1v) is 7.40. The maximum Gasteiger partial charge on any atom is 0.334 e. The van der Waals surface area contributed by atoms with Crippen LogP contribution in [-0.2, 0) is 19.6 Å². The lowest BCUT2D eigenvalue weighted by Crippen LogP contribution is -2.42. The molecule has 108 valence electrons. The number of nitrogens with zero attached hydrogens (tertiary/aromatic N) is 2. The molecule has 0 amide bonds. The van der Waals surface area contributed by atoms with Crippen molar-refractivity contribution in [3.8, 4) is 0 Å². The van der Waals surface area contributed by atoms with E-state index in [1.165, 1.54) is 6.07 Å². The summed E-state index contributed by atoms with van der Waals surface area (Å²) in [4.78, 5) is 15.1. The number of hydrogen-bond donors (Lipinski definition) is 1. The lowest BCUT2D eigenvalue weighted by Gasteiger charge is -2.26. The van der Waals surface area contributed by atoms with Gasteiger partial charge in [0.25, 0.3) is 10.0 Å². The third-order valence-corrected chi connectivity index (χ3v) is 4.53. The van der Waals surface area contributed by atoms with Crippen LogP contribution in [0.15, 0.2) is 34.2 Å². The SMILES string of the molecule is CCOC(CN1C=Nc2ccccc2S1(=O)=O)C(=O)O. The molecular formula is C12H14N2O5S. The number of rotatable bonds is 5. The fourth-order valence-corrected chi connectivity index (χ4v) is 3.20. The van der Waals surface area contributed by atoms with Gasteiger partial charge in [0.1, 0.15) is 11.2 Å². The molecule has 0 aliphatic carbocycles. The van der Waals surface area contributed by atoms with Gasteiger partial charge in [-0.3, -0.25) is 4.31 Å². The number of ether oxygens (including phenoxy) is 1. The average Bonchev–Trinajstić information content (AvgIpc) is 2.41. The summed E-state index contributed by atoms with van der Waals surface area (Å²) in [7, 11) is -3.79. The fraction of sp³-hybridized carbons (Fsp3) is 0.333. The molecule has 0 aromatic heterocycles. The Morgan fingerprint density at radius 1 is 1.45 bits per heavy atom. The molecule has 0 radical (unpaired) electrons. The first-order chi connectivity index (χ1) is 9.46. The molecule has 0 saturated heterocycles. The minimum absolute atomic E-state index is 0.0585. The van der Waals surface area contributed by atoms with Gasteiger partial charge in [0.15, 0.2) is 6.10 Å². The molecule has 1 N–H and O–H groups in total. The van der Waals surface area contributed by atoms with Crippen molar-refractivity contribution < 1.29 is 23.1 Å². The highest BCUT2D eigenvalue weighted by molar-refractivity contribution is 7.89. The highest BCUT2D eigenvalue weighted by atomic mass is 32.2. The third-order valence-electron chi connectivity index (χ3n) is 2.77. The zero-order valence-corrected chi connectivity index (χ0v) is 11.6. The highest BCUT2D eigenvalue weighted by Gasteiger charge is 2.32. The normalized spacial score (nSPS) is 17.6. The first-order valence-electron chi connectivity index (χ1n) is 5.96. The predicted molar refractivity (Wildman–Crippen MR) is 71.5 cm³/mol. The first kappa shape index (κ1) is 14.5. The molecule has 7 nitrogen and oxygen atoms in total. The number of hydrogen-bond acceptors (Lipinski definition) is 5. The summed E-state index contributed by atoms with van der Waals surface area (Å²) in [6, 6.07) is 6.29. The van der Waals surface area contributed by atoms with E-state index in [4.69, 9.17) is 9.84 Å². The molecule has 0 fully saturated rings. The molecule has 0 spiro atoms. The van der Waals surface area contributed by atoms with Crippen molar-refractivity contribution in [3.05, 3.63) is 24.3 Å². The number of sulfonamides is 1. The topological polar surface area (TPSA) is 96.3 Å². The van der Waals surface area contributed by atoms with E-state index >= 15 is 0 Å². The Balaban J connectivity index is 2.30. The van der Waals surface area contributed by atoms with Crippen molar-refractivity contribution in [1.29, 1.82) is 0 Å². The van der Waals surface area contributed by atoms with Gasteiger partial charge in [-0.25, -0.2) is 18.2 Å². The van der Waals surface area contributed by atoms with Crippen molar-refractivity contribution >= 4 is 28.0 Å². The predicted octanol–water partition coefficient (Wildman–Crippen LogP) is 0.840. The molecule has 20 heavy (non-hydrogen) atoms. The second kappa shape index (κ2) is 5.59. The second-order valence-electron chi connectivity index (χ2n) is 4.07. The Labute approximate surface area is 116 Å². The number of aliphatic carboxylic acids is 1. The van der Waals surface area contributed by atoms with Crippen LogP contribution in [0.5, 0.6) is 0 Å². The van der Waals surface area contributed by atoms with Gasteiger partial charge in [-0.15, -0.1) is 0 Å². The molecule has 0 bridgehead atoms. The van der Waals surface area contributed by atoms with Gasteiger partial charge in [0.2, 0.25) is 0 Å². The standard InChI is InChI=1S/C12H14N2O5S/c1-2-19-10(12(15)16)7-14-8-13-9-5-3-4-6-11(9)20(14,17)18/h3-6,8,10H,2,7H2,1H3,(H,15,16). The molecule has 1 heterocycles. The number of benzene rings is 1. The van der Waals surface area contributed by atoms with Crippen LogP contribution in [0.1, 0.15) is 6.92 Å². The van der Waals surface area contributed by atoms with Crippen LogP contribution in [0.3, 0.4) is 0 Å². The van der Waals surface area contributed by atoms with Crippen molar-refractivity contribution in [2.75, 3.05) is 13.2 Å². The van der Waals surface area contributed by atoms with Crippen LogP contribution in [-0.4, -0.2) is 49.4 Å². The Kier molecular flexibility index (Phi) is 4.05. The fourth-order valence-electron chi connectivity index (χ4n) is 1.81. The molecule has 1 unspecified atom stereocenters. The summed E-state index contributed by atoms with van der Waals surface area (Å²) in [5, 5.41) is 9.01. The summed E-state index contributed by atoms with van der Waals surface area (Å²) in [6.07, 6.45) is -0.112. The molecule has 1 aliphatic heterocycles. The van der Waals surface area contributed by atoms with Gasteiger partial charge in [-0.05, 0) is 19.1 Å². The van der Waals surface area contributed by atoms with E-state index in [1.54, 1.807) is 25.1 Å². The zero-order chi connectivity index (χ0) is 14.8. The van der Waals surface area contributed by atoms with E-state index in [-0.39, 0.29) is 18.0 Å². The molecule has 8 heteroatoms. The van der Waals surface area contributed by atoms with Gasteiger partial charge in [-0.2, -0.15) is 0 Å². The van der Waals surface area contributed by atoms with Crippen LogP contribution in [0.25, 0.3) is 0 Å². The van der Waals surface area contributed by atoms with Crippen molar-refractivity contribution in [3.63, 3.8) is 0 Å². The Hall–Kier alpha value is -1.93. The largest absolute Gasteiger partial charge is 0.479 e. The molecule has 1 atom stereocenters. The van der Waals surface area contributed by atoms with Gasteiger partial charge in [-0.1, -0.05) is 12.1 Å². The smallest absolute Gasteiger partial charge is 0.334 e. The van der Waals surface area contributed by atoms with Crippen LogP contribution < -0.4 is 0 Å². The minimum atomic E-state index is -3.79. The van der Waals surface area contributed by atoms with Crippen LogP contribution in [0, 0.1) is 0 Å². The number of fused-ring (bicyclic) bond motifs is 1. The Bertz CT molecular complexity index is 641. The van der Waals surface area contributed by atoms with Gasteiger partial charge < -0.3 is 9.84 Å². The molecular weight excluding hydrogens is 284 g/mol.